The molecule has 1 aromatic rings. The third kappa shape index (κ3) is 6.21. The molecular weight excluding hydrogens is 286 g/mol. The molecule has 22 heavy (non-hydrogen) atoms. The van der Waals surface area contributed by atoms with Gasteiger partial charge in [-0.15, -0.1) is 0 Å². The Kier molecular flexibility index (Phi) is 7.39. The molecule has 0 aliphatic heterocycles. The molecule has 0 N–H and O–H groups in total. The standard InChI is InChI=1S/C16H19NO5/c1-3-21-14(18)9-10-15(19)22-12-11-17(2)16(20)13-7-5-4-6-8-13/h4-10H,3,11-12H2,1-2H3/b10-9+. The van der Waals surface area contributed by atoms with Gasteiger partial charge in [-0.2, -0.15) is 0 Å². The van der Waals surface area contributed by atoms with Gasteiger partial charge < -0.3 is 14.4 Å². The van der Waals surface area contributed by atoms with E-state index in [1.54, 1.807) is 38.2 Å². The SMILES string of the molecule is CCOC(=O)/C=C/C(=O)OCCN(C)C(=O)c1ccccc1. The zero-order valence-corrected chi connectivity index (χ0v) is 12.7. The number of amides is 1. The number of carbonyl (C=O) groups excluding carboxylic acids is 3. The van der Waals surface area contributed by atoms with Crippen molar-refractivity contribution in [1.29, 1.82) is 0 Å². The van der Waals surface area contributed by atoms with Crippen molar-refractivity contribution in [2.75, 3.05) is 26.8 Å². The van der Waals surface area contributed by atoms with Crippen molar-refractivity contribution in [3.63, 3.8) is 0 Å². The summed E-state index contributed by atoms with van der Waals surface area (Å²) in [6, 6.07) is 8.82. The van der Waals surface area contributed by atoms with Gasteiger partial charge in [0.05, 0.1) is 13.2 Å². The van der Waals surface area contributed by atoms with Crippen molar-refractivity contribution >= 4 is 17.8 Å². The Labute approximate surface area is 129 Å². The summed E-state index contributed by atoms with van der Waals surface area (Å²) in [5, 5.41) is 0. The second kappa shape index (κ2) is 9.33. The Morgan fingerprint density at radius 1 is 1.05 bits per heavy atom. The maximum atomic E-state index is 12.0. The summed E-state index contributed by atoms with van der Waals surface area (Å²) >= 11 is 0. The molecule has 0 heterocycles. The van der Waals surface area contributed by atoms with Gasteiger partial charge in [0.2, 0.25) is 0 Å². The molecule has 0 aromatic heterocycles. The predicted molar refractivity (Wildman–Crippen MR) is 80.1 cm³/mol. The van der Waals surface area contributed by atoms with Crippen molar-refractivity contribution < 1.29 is 23.9 Å². The lowest BCUT2D eigenvalue weighted by molar-refractivity contribution is -0.140. The molecular formula is C16H19NO5. The summed E-state index contributed by atoms with van der Waals surface area (Å²) in [6.07, 6.45) is 2.00. The largest absolute Gasteiger partial charge is 0.463 e. The quantitative estimate of drug-likeness (QED) is 0.563. The summed E-state index contributed by atoms with van der Waals surface area (Å²) in [7, 11) is 1.62. The Morgan fingerprint density at radius 3 is 2.23 bits per heavy atom. The molecule has 0 radical (unpaired) electrons. The lowest BCUT2D eigenvalue weighted by Gasteiger charge is -2.16. The third-order valence-electron chi connectivity index (χ3n) is 2.68. The molecule has 1 rings (SSSR count). The fourth-order valence-corrected chi connectivity index (χ4v) is 1.56. The average Bonchev–Trinajstić information content (AvgIpc) is 2.53. The van der Waals surface area contributed by atoms with Gasteiger partial charge in [-0.1, -0.05) is 18.2 Å². The number of benzene rings is 1. The van der Waals surface area contributed by atoms with Crippen LogP contribution < -0.4 is 0 Å². The molecule has 0 bridgehead atoms. The summed E-state index contributed by atoms with van der Waals surface area (Å²) in [6.45, 7) is 2.21. The first-order chi connectivity index (χ1) is 10.5. The minimum Gasteiger partial charge on any atom is -0.463 e. The molecule has 0 saturated heterocycles. The van der Waals surface area contributed by atoms with Crippen molar-refractivity contribution in [2.45, 2.75) is 6.92 Å². The molecule has 0 unspecified atom stereocenters. The van der Waals surface area contributed by atoms with Crippen LogP contribution in [0.1, 0.15) is 17.3 Å². The lowest BCUT2D eigenvalue weighted by Crippen LogP contribution is -2.30. The Bertz CT molecular complexity index is 539. The fourth-order valence-electron chi connectivity index (χ4n) is 1.56. The van der Waals surface area contributed by atoms with Crippen molar-refractivity contribution in [1.82, 2.24) is 4.90 Å². The van der Waals surface area contributed by atoms with Crippen LogP contribution in [0, 0.1) is 0 Å². The fraction of sp³-hybridized carbons (Fsp3) is 0.312. The maximum absolute atomic E-state index is 12.0. The van der Waals surface area contributed by atoms with Crippen molar-refractivity contribution in [2.24, 2.45) is 0 Å². The lowest BCUT2D eigenvalue weighted by atomic mass is 10.2. The normalized spacial score (nSPS) is 10.3. The zero-order chi connectivity index (χ0) is 16.4. The van der Waals surface area contributed by atoms with Gasteiger partial charge >= 0.3 is 11.9 Å². The van der Waals surface area contributed by atoms with E-state index in [2.05, 4.69) is 4.74 Å². The van der Waals surface area contributed by atoms with E-state index in [0.29, 0.717) is 5.56 Å². The van der Waals surface area contributed by atoms with Crippen LogP contribution in [0.25, 0.3) is 0 Å². The smallest absolute Gasteiger partial charge is 0.331 e. The molecule has 1 aromatic carbocycles. The number of hydrogen-bond acceptors (Lipinski definition) is 5. The van der Waals surface area contributed by atoms with E-state index in [0.717, 1.165) is 12.2 Å². The van der Waals surface area contributed by atoms with E-state index < -0.39 is 11.9 Å². The van der Waals surface area contributed by atoms with Gasteiger partial charge in [0.15, 0.2) is 0 Å². The predicted octanol–water partition coefficient (Wildman–Crippen LogP) is 1.42. The second-order valence-electron chi connectivity index (χ2n) is 4.35. The van der Waals surface area contributed by atoms with Gasteiger partial charge in [0.1, 0.15) is 6.61 Å². The first kappa shape index (κ1) is 17.4. The summed E-state index contributed by atoms with van der Waals surface area (Å²) < 4.78 is 9.53. The molecule has 0 spiro atoms. The van der Waals surface area contributed by atoms with E-state index in [9.17, 15) is 14.4 Å². The number of hydrogen-bond donors (Lipinski definition) is 0. The summed E-state index contributed by atoms with van der Waals surface area (Å²) in [5.74, 6) is -1.41. The maximum Gasteiger partial charge on any atom is 0.331 e. The summed E-state index contributed by atoms with van der Waals surface area (Å²) in [4.78, 5) is 35.8. The first-order valence-corrected chi connectivity index (χ1v) is 6.86. The number of carbonyl (C=O) groups is 3. The number of esters is 2. The molecule has 0 saturated carbocycles. The van der Waals surface area contributed by atoms with Gasteiger partial charge in [0.25, 0.3) is 5.91 Å². The Hall–Kier alpha value is -2.63. The minimum atomic E-state index is -0.659. The van der Waals surface area contributed by atoms with Crippen molar-refractivity contribution in [3.8, 4) is 0 Å². The number of rotatable bonds is 7. The zero-order valence-electron chi connectivity index (χ0n) is 12.7. The number of ether oxygens (including phenoxy) is 2. The van der Waals surface area contributed by atoms with Crippen LogP contribution in [0.15, 0.2) is 42.5 Å². The van der Waals surface area contributed by atoms with Gasteiger partial charge in [0, 0.05) is 24.8 Å². The van der Waals surface area contributed by atoms with Gasteiger partial charge in [-0.05, 0) is 19.1 Å². The van der Waals surface area contributed by atoms with Gasteiger partial charge in [-0.25, -0.2) is 9.59 Å². The highest BCUT2D eigenvalue weighted by Crippen LogP contribution is 2.02. The third-order valence-corrected chi connectivity index (χ3v) is 2.68. The van der Waals surface area contributed by atoms with Gasteiger partial charge in [-0.3, -0.25) is 4.79 Å². The van der Waals surface area contributed by atoms with Crippen LogP contribution in [0.2, 0.25) is 0 Å². The van der Waals surface area contributed by atoms with Crippen LogP contribution in [0.5, 0.6) is 0 Å². The van der Waals surface area contributed by atoms with Crippen LogP contribution >= 0.6 is 0 Å². The van der Waals surface area contributed by atoms with E-state index in [-0.39, 0.29) is 25.7 Å². The Morgan fingerprint density at radius 2 is 1.64 bits per heavy atom. The second-order valence-corrected chi connectivity index (χ2v) is 4.35. The molecule has 0 aliphatic rings. The molecule has 6 nitrogen and oxygen atoms in total. The average molecular weight is 305 g/mol. The van der Waals surface area contributed by atoms with Crippen LogP contribution in [0.4, 0.5) is 0 Å². The molecule has 1 amide bonds. The number of likely N-dealkylation sites (N-methyl/N-ethyl adjacent to an activating group) is 1. The Balaban J connectivity index is 2.33. The molecule has 6 heteroatoms. The van der Waals surface area contributed by atoms with E-state index in [1.165, 1.54) is 4.90 Å². The van der Waals surface area contributed by atoms with E-state index >= 15 is 0 Å². The molecule has 118 valence electrons. The van der Waals surface area contributed by atoms with Crippen LogP contribution in [-0.4, -0.2) is 49.6 Å². The molecule has 0 fully saturated rings. The minimum absolute atomic E-state index is 0.0427. The van der Waals surface area contributed by atoms with E-state index in [1.807, 2.05) is 6.07 Å². The number of nitrogens with zero attached hydrogens (tertiary/aromatic N) is 1. The van der Waals surface area contributed by atoms with E-state index in [4.69, 9.17) is 4.74 Å². The summed E-state index contributed by atoms with van der Waals surface area (Å²) in [5.41, 5.74) is 0.568. The topological polar surface area (TPSA) is 72.9 Å². The highest BCUT2D eigenvalue weighted by molar-refractivity contribution is 5.94. The first-order valence-electron chi connectivity index (χ1n) is 6.86. The van der Waals surface area contributed by atoms with Crippen LogP contribution in [0.3, 0.4) is 0 Å². The monoisotopic (exact) mass is 305 g/mol. The highest BCUT2D eigenvalue weighted by atomic mass is 16.5. The highest BCUT2D eigenvalue weighted by Gasteiger charge is 2.11. The van der Waals surface area contributed by atoms with Crippen LogP contribution in [-0.2, 0) is 19.1 Å². The molecule has 0 atom stereocenters. The molecule has 0 aliphatic carbocycles. The van der Waals surface area contributed by atoms with Crippen molar-refractivity contribution in [3.05, 3.63) is 48.0 Å².